The number of amides is 1. The van der Waals surface area contributed by atoms with Crippen LogP contribution in [0.1, 0.15) is 19.8 Å². The monoisotopic (exact) mass is 335 g/mol. The number of nitrogens with zero attached hydrogens (tertiary/aromatic N) is 1. The molecule has 0 unspecified atom stereocenters. The first-order chi connectivity index (χ1) is 9.27. The Morgan fingerprint density at radius 1 is 1.14 bits per heavy atom. The average Bonchev–Trinajstić information content (AvgIpc) is 2.46. The molecular formula is C15H27Cl2N3O. The van der Waals surface area contributed by atoms with E-state index in [2.05, 4.69) is 46.7 Å². The number of anilines is 1. The first kappa shape index (κ1) is 22.3. The normalized spacial score (nSPS) is 9.24. The number of hydrogen-bond donors (Lipinski definition) is 2. The molecule has 21 heavy (non-hydrogen) atoms. The first-order valence-electron chi connectivity index (χ1n) is 6.99. The summed E-state index contributed by atoms with van der Waals surface area (Å²) in [7, 11) is 1.85. The summed E-state index contributed by atoms with van der Waals surface area (Å²) < 4.78 is 0. The maximum absolute atomic E-state index is 11.4. The van der Waals surface area contributed by atoms with Crippen molar-refractivity contribution in [3.05, 3.63) is 30.3 Å². The zero-order valence-electron chi connectivity index (χ0n) is 12.8. The highest BCUT2D eigenvalue weighted by molar-refractivity contribution is 5.85. The number of nitrogens with one attached hydrogen (secondary N) is 2. The van der Waals surface area contributed by atoms with Gasteiger partial charge in [-0.15, -0.1) is 24.8 Å². The van der Waals surface area contributed by atoms with Crippen LogP contribution >= 0.6 is 24.8 Å². The highest BCUT2D eigenvalue weighted by Crippen LogP contribution is 2.12. The lowest BCUT2D eigenvalue weighted by molar-refractivity contribution is -0.120. The fraction of sp³-hybridized carbons (Fsp3) is 0.533. The van der Waals surface area contributed by atoms with E-state index >= 15 is 0 Å². The molecule has 0 spiro atoms. The Morgan fingerprint density at radius 2 is 1.81 bits per heavy atom. The van der Waals surface area contributed by atoms with Gasteiger partial charge in [0.25, 0.3) is 0 Å². The maximum atomic E-state index is 11.4. The van der Waals surface area contributed by atoms with Gasteiger partial charge in [-0.05, 0) is 32.5 Å². The van der Waals surface area contributed by atoms with Crippen LogP contribution in [0.25, 0.3) is 0 Å². The molecule has 4 nitrogen and oxygen atoms in total. The van der Waals surface area contributed by atoms with Crippen LogP contribution in [0.3, 0.4) is 0 Å². The van der Waals surface area contributed by atoms with Gasteiger partial charge in [0, 0.05) is 38.3 Å². The summed E-state index contributed by atoms with van der Waals surface area (Å²) in [6.07, 6.45) is 1.51. The molecule has 0 aliphatic heterocycles. The first-order valence-corrected chi connectivity index (χ1v) is 6.99. The van der Waals surface area contributed by atoms with Crippen LogP contribution in [-0.4, -0.2) is 39.1 Å². The van der Waals surface area contributed by atoms with Crippen molar-refractivity contribution in [1.82, 2.24) is 10.6 Å². The Hall–Kier alpha value is -0.970. The van der Waals surface area contributed by atoms with Crippen molar-refractivity contribution in [2.45, 2.75) is 19.8 Å². The molecule has 1 aromatic rings. The smallest absolute Gasteiger partial charge is 0.221 e. The number of carbonyl (C=O) groups is 1. The van der Waals surface area contributed by atoms with Crippen molar-refractivity contribution >= 4 is 36.4 Å². The van der Waals surface area contributed by atoms with Crippen molar-refractivity contribution in [2.75, 3.05) is 38.1 Å². The van der Waals surface area contributed by atoms with Crippen molar-refractivity contribution in [3.63, 3.8) is 0 Å². The molecule has 6 heteroatoms. The molecule has 0 atom stereocenters. The van der Waals surface area contributed by atoms with Gasteiger partial charge in [-0.3, -0.25) is 4.79 Å². The summed E-state index contributed by atoms with van der Waals surface area (Å²) in [4.78, 5) is 13.7. The number of para-hydroxylation sites is 1. The molecule has 0 radical (unpaired) electrons. The molecule has 122 valence electrons. The molecule has 2 N–H and O–H groups in total. The van der Waals surface area contributed by atoms with E-state index in [0.29, 0.717) is 6.42 Å². The zero-order chi connectivity index (χ0) is 13.9. The minimum absolute atomic E-state index is 0. The topological polar surface area (TPSA) is 44.4 Å². The number of carbonyl (C=O) groups excluding carboxylic acids is 1. The second-order valence-corrected chi connectivity index (χ2v) is 4.47. The van der Waals surface area contributed by atoms with Crippen molar-refractivity contribution < 1.29 is 4.79 Å². The fourth-order valence-electron chi connectivity index (χ4n) is 1.93. The summed E-state index contributed by atoms with van der Waals surface area (Å²) in [5.41, 5.74) is 1.24. The summed E-state index contributed by atoms with van der Waals surface area (Å²) in [5, 5.41) is 5.91. The van der Waals surface area contributed by atoms with Crippen molar-refractivity contribution in [3.8, 4) is 0 Å². The molecule has 0 aromatic heterocycles. The number of rotatable bonds is 9. The lowest BCUT2D eigenvalue weighted by Crippen LogP contribution is -2.31. The molecule has 0 aliphatic rings. The fourth-order valence-corrected chi connectivity index (χ4v) is 1.93. The summed E-state index contributed by atoms with van der Waals surface area (Å²) in [6.45, 7) is 5.58. The van der Waals surface area contributed by atoms with E-state index in [1.54, 1.807) is 0 Å². The number of hydrogen-bond acceptors (Lipinski definition) is 3. The van der Waals surface area contributed by atoms with Crippen LogP contribution < -0.4 is 15.5 Å². The van der Waals surface area contributed by atoms with E-state index in [0.717, 1.165) is 32.6 Å². The lowest BCUT2D eigenvalue weighted by atomic mass is 10.2. The highest BCUT2D eigenvalue weighted by Gasteiger charge is 2.03. The largest absolute Gasteiger partial charge is 0.372 e. The average molecular weight is 336 g/mol. The molecule has 0 aliphatic carbocycles. The summed E-state index contributed by atoms with van der Waals surface area (Å²) in [5.74, 6) is 0.122. The van der Waals surface area contributed by atoms with Gasteiger partial charge in [0.1, 0.15) is 0 Å². The molecule has 0 saturated carbocycles. The Balaban J connectivity index is 0. The Kier molecular flexibility index (Phi) is 14.9. The molecular weight excluding hydrogens is 309 g/mol. The minimum atomic E-state index is 0. The van der Waals surface area contributed by atoms with Gasteiger partial charge in [-0.1, -0.05) is 18.2 Å². The molecule has 0 heterocycles. The van der Waals surface area contributed by atoms with Gasteiger partial charge >= 0.3 is 0 Å². The lowest BCUT2D eigenvalue weighted by Gasteiger charge is -2.23. The predicted molar refractivity (Wildman–Crippen MR) is 95.0 cm³/mol. The SMILES string of the molecule is CCN(CCCNC(=O)CCNC)c1ccccc1.Cl.Cl. The zero-order valence-corrected chi connectivity index (χ0v) is 14.4. The van der Waals surface area contributed by atoms with Gasteiger partial charge in [-0.25, -0.2) is 0 Å². The molecule has 1 rings (SSSR count). The van der Waals surface area contributed by atoms with Crippen molar-refractivity contribution in [1.29, 1.82) is 0 Å². The molecule has 1 aromatic carbocycles. The van der Waals surface area contributed by atoms with Gasteiger partial charge < -0.3 is 15.5 Å². The van der Waals surface area contributed by atoms with E-state index < -0.39 is 0 Å². The van der Waals surface area contributed by atoms with Crippen LogP contribution in [0, 0.1) is 0 Å². The third-order valence-electron chi connectivity index (χ3n) is 3.03. The van der Waals surface area contributed by atoms with Crippen LogP contribution in [-0.2, 0) is 4.79 Å². The van der Waals surface area contributed by atoms with E-state index in [1.165, 1.54) is 5.69 Å². The van der Waals surface area contributed by atoms with Gasteiger partial charge in [0.15, 0.2) is 0 Å². The molecule has 0 saturated heterocycles. The standard InChI is InChI=1S/C15H25N3O.2ClH/c1-3-18(14-8-5-4-6-9-14)13-7-11-17-15(19)10-12-16-2;;/h4-6,8-9,16H,3,7,10-13H2,1-2H3,(H,17,19);2*1H. The number of benzene rings is 1. The second-order valence-electron chi connectivity index (χ2n) is 4.47. The van der Waals surface area contributed by atoms with E-state index in [1.807, 2.05) is 13.1 Å². The molecule has 1 amide bonds. The number of halogens is 2. The Morgan fingerprint density at radius 3 is 2.38 bits per heavy atom. The minimum Gasteiger partial charge on any atom is -0.372 e. The van der Waals surface area contributed by atoms with E-state index in [-0.39, 0.29) is 30.7 Å². The van der Waals surface area contributed by atoms with Crippen LogP contribution in [0.4, 0.5) is 5.69 Å². The van der Waals surface area contributed by atoms with Crippen LogP contribution in [0.15, 0.2) is 30.3 Å². The van der Waals surface area contributed by atoms with E-state index in [4.69, 9.17) is 0 Å². The Bertz CT molecular complexity index is 363. The van der Waals surface area contributed by atoms with E-state index in [9.17, 15) is 4.79 Å². The Labute approximate surface area is 140 Å². The van der Waals surface area contributed by atoms with Crippen LogP contribution in [0.5, 0.6) is 0 Å². The molecule has 0 fully saturated rings. The molecule has 0 bridgehead atoms. The summed E-state index contributed by atoms with van der Waals surface area (Å²) in [6, 6.07) is 10.4. The quantitative estimate of drug-likeness (QED) is 0.681. The van der Waals surface area contributed by atoms with Gasteiger partial charge in [0.05, 0.1) is 0 Å². The highest BCUT2D eigenvalue weighted by atomic mass is 35.5. The van der Waals surface area contributed by atoms with Crippen molar-refractivity contribution in [2.24, 2.45) is 0 Å². The predicted octanol–water partition coefficient (Wildman–Crippen LogP) is 2.47. The third-order valence-corrected chi connectivity index (χ3v) is 3.03. The van der Waals surface area contributed by atoms with Crippen LogP contribution in [0.2, 0.25) is 0 Å². The third kappa shape index (κ3) is 9.56. The summed E-state index contributed by atoms with van der Waals surface area (Å²) >= 11 is 0. The van der Waals surface area contributed by atoms with Gasteiger partial charge in [0.2, 0.25) is 5.91 Å². The van der Waals surface area contributed by atoms with Gasteiger partial charge in [-0.2, -0.15) is 0 Å². The maximum Gasteiger partial charge on any atom is 0.221 e. The second kappa shape index (κ2) is 14.0.